The number of hydrogen-bond donors (Lipinski definition) is 0. The molecule has 0 bridgehead atoms. The van der Waals surface area contributed by atoms with E-state index in [-0.39, 0.29) is 38.2 Å². The maximum Gasteiger partial charge on any atom is 0.276 e. The van der Waals surface area contributed by atoms with Gasteiger partial charge in [-0.3, -0.25) is 9.59 Å². The summed E-state index contributed by atoms with van der Waals surface area (Å²) in [6.45, 7) is 9.50. The highest BCUT2D eigenvalue weighted by atomic mass is 35.7. The third kappa shape index (κ3) is 7.43. The fourth-order valence-electron chi connectivity index (χ4n) is 7.43. The minimum atomic E-state index is -1.79. The Labute approximate surface area is 298 Å². The van der Waals surface area contributed by atoms with Crippen LogP contribution in [0.1, 0.15) is 87.7 Å². The first-order valence-electron chi connectivity index (χ1n) is 16.9. The lowest BCUT2D eigenvalue weighted by Crippen LogP contribution is -2.55. The molecule has 6 rings (SSSR count). The van der Waals surface area contributed by atoms with E-state index in [0.29, 0.717) is 48.6 Å². The van der Waals surface area contributed by atoms with Crippen LogP contribution in [0.3, 0.4) is 0 Å². The van der Waals surface area contributed by atoms with Crippen LogP contribution in [0.2, 0.25) is 0 Å². The number of carbonyl (C=O) groups excluding carboxylic acids is 2. The lowest BCUT2D eigenvalue weighted by atomic mass is 9.84. The first kappa shape index (κ1) is 36.3. The molecule has 0 aliphatic carbocycles. The number of benzene rings is 2. The van der Waals surface area contributed by atoms with E-state index < -0.39 is 43.2 Å². The molecule has 4 aliphatic rings. The van der Waals surface area contributed by atoms with Crippen molar-refractivity contribution in [2.75, 3.05) is 39.5 Å². The molecule has 2 aromatic carbocycles. The van der Waals surface area contributed by atoms with E-state index in [0.717, 1.165) is 24.0 Å². The summed E-state index contributed by atoms with van der Waals surface area (Å²) >= 11 is 6.43. The van der Waals surface area contributed by atoms with Crippen LogP contribution >= 0.6 is 19.0 Å². The Kier molecular flexibility index (Phi) is 10.9. The second-order valence-electron chi connectivity index (χ2n) is 13.9. The molecular formula is C36H42ClN4O8P. The van der Waals surface area contributed by atoms with Gasteiger partial charge in [0.25, 0.3) is 7.73 Å². The Balaban J connectivity index is 1.04. The smallest absolute Gasteiger partial charge is 0.276 e. The van der Waals surface area contributed by atoms with Crippen molar-refractivity contribution in [1.82, 2.24) is 9.80 Å². The lowest BCUT2D eigenvalue weighted by Gasteiger charge is -2.47. The van der Waals surface area contributed by atoms with Gasteiger partial charge in [-0.15, -0.1) is 0 Å². The van der Waals surface area contributed by atoms with Crippen LogP contribution in [0.15, 0.2) is 36.4 Å². The van der Waals surface area contributed by atoms with Crippen LogP contribution in [-0.2, 0) is 28.1 Å². The number of halogens is 1. The summed E-state index contributed by atoms with van der Waals surface area (Å²) in [6, 6.07) is 14.0. The zero-order valence-electron chi connectivity index (χ0n) is 28.7. The molecule has 2 aromatic rings. The predicted molar refractivity (Wildman–Crippen MR) is 183 cm³/mol. The third-order valence-electron chi connectivity index (χ3n) is 9.64. The van der Waals surface area contributed by atoms with Gasteiger partial charge < -0.3 is 37.8 Å². The van der Waals surface area contributed by atoms with Crippen LogP contribution in [0.4, 0.5) is 0 Å². The van der Waals surface area contributed by atoms with Crippen molar-refractivity contribution in [2.45, 2.75) is 88.9 Å². The van der Waals surface area contributed by atoms with Gasteiger partial charge in [-0.2, -0.15) is 10.5 Å². The Hall–Kier alpha value is -3.48. The molecule has 12 nitrogen and oxygen atoms in total. The van der Waals surface area contributed by atoms with Crippen molar-refractivity contribution < 1.29 is 37.6 Å². The van der Waals surface area contributed by atoms with Gasteiger partial charge in [0.1, 0.15) is 34.9 Å². The van der Waals surface area contributed by atoms with E-state index in [1.54, 1.807) is 36.4 Å². The van der Waals surface area contributed by atoms with Gasteiger partial charge in [0.2, 0.25) is 11.8 Å². The van der Waals surface area contributed by atoms with Gasteiger partial charge in [0, 0.05) is 37.1 Å². The number of carbonyl (C=O) groups is 2. The summed E-state index contributed by atoms with van der Waals surface area (Å²) in [4.78, 5) is 29.5. The molecule has 2 amide bonds. The number of likely N-dealkylation sites (tertiary alicyclic amines) is 2. The summed E-state index contributed by atoms with van der Waals surface area (Å²) in [5, 5.41) is 19.1. The first-order chi connectivity index (χ1) is 23.9. The van der Waals surface area contributed by atoms with E-state index in [4.69, 9.17) is 39.2 Å². The zero-order valence-corrected chi connectivity index (χ0v) is 30.4. The highest BCUT2D eigenvalue weighted by Crippen LogP contribution is 2.48. The van der Waals surface area contributed by atoms with Crippen LogP contribution in [-0.4, -0.2) is 84.5 Å². The van der Waals surface area contributed by atoms with Crippen LogP contribution in [0, 0.1) is 22.7 Å². The number of ether oxygens (including phenoxy) is 4. The Bertz CT molecular complexity index is 1570. The van der Waals surface area contributed by atoms with Gasteiger partial charge in [-0.1, -0.05) is 0 Å². The Morgan fingerprint density at radius 1 is 0.760 bits per heavy atom. The molecule has 2 fully saturated rings. The maximum atomic E-state index is 12.9. The van der Waals surface area contributed by atoms with E-state index in [9.17, 15) is 20.1 Å². The van der Waals surface area contributed by atoms with Crippen molar-refractivity contribution in [1.29, 1.82) is 10.5 Å². The second kappa shape index (κ2) is 15.0. The molecule has 14 heteroatoms. The quantitative estimate of drug-likeness (QED) is 0.187. The number of fused-ring (bicyclic) bond motifs is 2. The molecule has 0 saturated carbocycles. The molecule has 0 aromatic heterocycles. The second-order valence-corrected chi connectivity index (χ2v) is 15.6. The van der Waals surface area contributed by atoms with Gasteiger partial charge in [0.15, 0.2) is 0 Å². The fraction of sp³-hybridized carbons (Fsp3) is 0.556. The minimum Gasteiger partial charge on any atom is -0.485 e. The van der Waals surface area contributed by atoms with Crippen molar-refractivity contribution in [3.8, 4) is 23.6 Å². The summed E-state index contributed by atoms with van der Waals surface area (Å²) in [7, 11) is -1.79. The van der Waals surface area contributed by atoms with Gasteiger partial charge in [-0.25, -0.2) is 0 Å². The molecule has 4 atom stereocenters. The van der Waals surface area contributed by atoms with Crippen LogP contribution in [0.25, 0.3) is 0 Å². The van der Waals surface area contributed by atoms with E-state index in [1.807, 2.05) is 37.5 Å². The van der Waals surface area contributed by atoms with Crippen LogP contribution in [0.5, 0.6) is 11.5 Å². The molecule has 0 radical (unpaired) electrons. The standard InChI is InChI=1S/C36H42ClN4O8P/c1-35(2)33(31(40-13-5-7-29(40)42)25-19-23(21-38)9-11-27(25)48-35)44-15-17-46-50(37)47-18-16-45-34-32(41-14-6-8-30(41)43)26-20-24(22-39)10-12-28(26)49-36(34,3)4/h9-12,19-20,31-34H,5-8,13-18H2,1-4H3/t31-,32-,33+,34+/m1/s1. The molecule has 0 unspecified atom stereocenters. The molecule has 4 aliphatic heterocycles. The number of nitrogens with zero attached hydrogens (tertiary/aromatic N) is 4. The predicted octanol–water partition coefficient (Wildman–Crippen LogP) is 6.07. The van der Waals surface area contributed by atoms with Gasteiger partial charge >= 0.3 is 0 Å². The average molecular weight is 725 g/mol. The van der Waals surface area contributed by atoms with Crippen molar-refractivity contribution >= 4 is 30.8 Å². The molecule has 0 N–H and O–H groups in total. The van der Waals surface area contributed by atoms with E-state index in [1.165, 1.54) is 0 Å². The monoisotopic (exact) mass is 724 g/mol. The fourth-order valence-corrected chi connectivity index (χ4v) is 8.36. The Morgan fingerprint density at radius 3 is 1.54 bits per heavy atom. The Morgan fingerprint density at radius 2 is 1.18 bits per heavy atom. The number of hydrogen-bond acceptors (Lipinski definition) is 10. The highest BCUT2D eigenvalue weighted by molar-refractivity contribution is 7.76. The summed E-state index contributed by atoms with van der Waals surface area (Å²) in [5.74, 6) is 1.35. The van der Waals surface area contributed by atoms with Crippen LogP contribution < -0.4 is 9.47 Å². The molecule has 266 valence electrons. The van der Waals surface area contributed by atoms with E-state index in [2.05, 4.69) is 12.1 Å². The molecule has 50 heavy (non-hydrogen) atoms. The van der Waals surface area contributed by atoms with Crippen molar-refractivity contribution in [3.63, 3.8) is 0 Å². The number of amides is 2. The lowest BCUT2D eigenvalue weighted by molar-refractivity contribution is -0.149. The molecule has 4 heterocycles. The summed E-state index contributed by atoms with van der Waals surface area (Å²) < 4.78 is 36.9. The average Bonchev–Trinajstić information content (AvgIpc) is 3.71. The third-order valence-corrected chi connectivity index (χ3v) is 11.0. The number of nitriles is 2. The zero-order chi connectivity index (χ0) is 35.6. The minimum absolute atomic E-state index is 0.0448. The number of rotatable bonds is 12. The van der Waals surface area contributed by atoms with Crippen molar-refractivity contribution in [3.05, 3.63) is 58.7 Å². The van der Waals surface area contributed by atoms with Gasteiger partial charge in [0.05, 0.1) is 61.8 Å². The SMILES string of the molecule is CC1(C)Oc2ccc(C#N)cc2[C@@H](N2CCCC2=O)[C@@H]1OCCOP(Cl)OCCO[C@H]1[C@H](N2CCCC2=O)c2cc(C#N)ccc2OC1(C)C. The molecular weight excluding hydrogens is 683 g/mol. The van der Waals surface area contributed by atoms with E-state index >= 15 is 0 Å². The maximum absolute atomic E-state index is 12.9. The summed E-state index contributed by atoms with van der Waals surface area (Å²) in [6.07, 6.45) is 1.39. The molecule has 2 saturated heterocycles. The first-order valence-corrected chi connectivity index (χ1v) is 19.0. The normalized spacial score (nSPS) is 25.0. The van der Waals surface area contributed by atoms with Crippen molar-refractivity contribution in [2.24, 2.45) is 0 Å². The largest absolute Gasteiger partial charge is 0.485 e. The topological polar surface area (TPSA) is 144 Å². The van der Waals surface area contributed by atoms with Gasteiger partial charge in [-0.05, 0) is 88.2 Å². The summed E-state index contributed by atoms with van der Waals surface area (Å²) in [5.41, 5.74) is 0.918. The highest BCUT2D eigenvalue weighted by Gasteiger charge is 2.50. The molecule has 0 spiro atoms.